The molecule has 0 fully saturated rings. The molecule has 0 aliphatic carbocycles. The van der Waals surface area contributed by atoms with Gasteiger partial charge in [-0.05, 0) is 37.3 Å². The highest BCUT2D eigenvalue weighted by molar-refractivity contribution is 5.79. The van der Waals surface area contributed by atoms with Gasteiger partial charge in [-0.2, -0.15) is 0 Å². The number of nitrogens with zero attached hydrogens (tertiary/aromatic N) is 1. The Morgan fingerprint density at radius 3 is 2.44 bits per heavy atom. The van der Waals surface area contributed by atoms with Crippen LogP contribution in [0, 0.1) is 0 Å². The van der Waals surface area contributed by atoms with Crippen LogP contribution in [0.5, 0.6) is 11.5 Å². The molecule has 25 heavy (non-hydrogen) atoms. The number of nitrogens with one attached hydrogen (secondary N) is 2. The van der Waals surface area contributed by atoms with Crippen molar-refractivity contribution < 1.29 is 9.84 Å². The molecule has 3 N–H and O–H groups in total. The third kappa shape index (κ3) is 3.16. The number of aromatic nitrogens is 1. The summed E-state index contributed by atoms with van der Waals surface area (Å²) >= 11 is 0. The molecule has 0 radical (unpaired) electrons. The molecule has 7 nitrogen and oxygen atoms in total. The number of phenolic OH excluding ortho intramolecular Hbond substituents is 1. The van der Waals surface area contributed by atoms with Crippen molar-refractivity contribution in [2.75, 3.05) is 17.7 Å². The molecule has 0 aliphatic rings. The highest BCUT2D eigenvalue weighted by Crippen LogP contribution is 2.32. The van der Waals surface area contributed by atoms with Crippen LogP contribution in [0.15, 0.2) is 52.3 Å². The molecule has 0 amide bonds. The Bertz CT molecular complexity index is 962. The second-order valence-corrected chi connectivity index (χ2v) is 5.56. The highest BCUT2D eigenvalue weighted by Gasteiger charge is 2.24. The van der Waals surface area contributed by atoms with Gasteiger partial charge < -0.3 is 20.5 Å². The number of hydrogen-bond acceptors (Lipinski definition) is 7. The predicted molar refractivity (Wildman–Crippen MR) is 95.6 cm³/mol. The van der Waals surface area contributed by atoms with Crippen LogP contribution in [-0.4, -0.2) is 17.2 Å². The number of aromatic hydroxyl groups is 1. The van der Waals surface area contributed by atoms with Gasteiger partial charge in [0.1, 0.15) is 22.9 Å². The number of phenols is 1. The molecule has 1 atom stereocenters. The molecule has 2 aromatic carbocycles. The first kappa shape index (κ1) is 16.5. The Labute approximate surface area is 143 Å². The molecule has 3 aromatic rings. The van der Waals surface area contributed by atoms with Crippen molar-refractivity contribution in [3.05, 3.63) is 68.7 Å². The number of methoxy groups -OCH3 is 1. The normalized spacial score (nSPS) is 11.9. The second kappa shape index (κ2) is 6.64. The van der Waals surface area contributed by atoms with E-state index in [1.165, 1.54) is 13.2 Å². The van der Waals surface area contributed by atoms with Gasteiger partial charge in [0, 0.05) is 23.6 Å². The molecule has 0 spiro atoms. The molecule has 1 unspecified atom stereocenters. The molecule has 0 saturated heterocycles. The Balaban J connectivity index is 1.87. The van der Waals surface area contributed by atoms with Crippen molar-refractivity contribution in [1.82, 2.24) is 4.98 Å². The van der Waals surface area contributed by atoms with E-state index in [1.54, 1.807) is 36.7 Å². The first-order valence-corrected chi connectivity index (χ1v) is 7.65. The molecular formula is C18H17N3O4. The van der Waals surface area contributed by atoms with Crippen LogP contribution >= 0.6 is 0 Å². The maximum absolute atomic E-state index is 11.9. The maximum atomic E-state index is 11.9. The van der Waals surface area contributed by atoms with Gasteiger partial charge in [0.2, 0.25) is 0 Å². The summed E-state index contributed by atoms with van der Waals surface area (Å²) in [5.74, 6) is 0.657. The van der Waals surface area contributed by atoms with E-state index < -0.39 is 10.9 Å². The molecule has 0 aliphatic heterocycles. The summed E-state index contributed by atoms with van der Waals surface area (Å²) in [4.78, 5) is 27.7. The largest absolute Gasteiger partial charge is 0.508 e. The molecule has 128 valence electrons. The van der Waals surface area contributed by atoms with Crippen LogP contribution < -0.4 is 26.2 Å². The molecule has 0 saturated carbocycles. The fraction of sp³-hybridized carbons (Fsp3) is 0.167. The first-order chi connectivity index (χ1) is 12.0. The summed E-state index contributed by atoms with van der Waals surface area (Å²) in [7, 11) is 1.52. The molecule has 1 aromatic heterocycles. The number of hydrogen-bond donors (Lipinski definition) is 3. The summed E-state index contributed by atoms with van der Waals surface area (Å²) in [6.45, 7) is 1.81. The van der Waals surface area contributed by atoms with Crippen LogP contribution in [0.1, 0.15) is 18.5 Å². The highest BCUT2D eigenvalue weighted by atomic mass is 16.5. The lowest BCUT2D eigenvalue weighted by Gasteiger charge is -2.21. The van der Waals surface area contributed by atoms with Gasteiger partial charge in [-0.15, -0.1) is 0 Å². The van der Waals surface area contributed by atoms with Crippen molar-refractivity contribution in [3.8, 4) is 11.5 Å². The maximum Gasteiger partial charge on any atom is 0.253 e. The van der Waals surface area contributed by atoms with E-state index in [0.29, 0.717) is 17.0 Å². The van der Waals surface area contributed by atoms with Gasteiger partial charge in [0.05, 0.1) is 13.2 Å². The fourth-order valence-electron chi connectivity index (χ4n) is 2.58. The number of anilines is 3. The lowest BCUT2D eigenvalue weighted by Crippen LogP contribution is -2.37. The van der Waals surface area contributed by atoms with E-state index >= 15 is 0 Å². The zero-order valence-corrected chi connectivity index (χ0v) is 13.7. The van der Waals surface area contributed by atoms with E-state index in [1.807, 2.05) is 6.92 Å². The van der Waals surface area contributed by atoms with Gasteiger partial charge in [-0.1, -0.05) is 0 Å². The van der Waals surface area contributed by atoms with Crippen molar-refractivity contribution in [1.29, 1.82) is 0 Å². The van der Waals surface area contributed by atoms with Crippen molar-refractivity contribution in [2.24, 2.45) is 0 Å². The van der Waals surface area contributed by atoms with Crippen LogP contribution in [0.25, 0.3) is 0 Å². The van der Waals surface area contributed by atoms with Gasteiger partial charge >= 0.3 is 0 Å². The van der Waals surface area contributed by atoms with Gasteiger partial charge in [-0.3, -0.25) is 14.6 Å². The Morgan fingerprint density at radius 2 is 1.76 bits per heavy atom. The van der Waals surface area contributed by atoms with Gasteiger partial charge in [0.25, 0.3) is 10.9 Å². The minimum Gasteiger partial charge on any atom is -0.508 e. The van der Waals surface area contributed by atoms with Gasteiger partial charge in [-0.25, -0.2) is 0 Å². The van der Waals surface area contributed by atoms with Crippen LogP contribution in [0.4, 0.5) is 17.1 Å². The van der Waals surface area contributed by atoms with Crippen LogP contribution in [0.3, 0.4) is 0 Å². The average Bonchev–Trinajstić information content (AvgIpc) is 2.64. The molecule has 0 bridgehead atoms. The van der Waals surface area contributed by atoms with E-state index in [4.69, 9.17) is 4.74 Å². The lowest BCUT2D eigenvalue weighted by atomic mass is 10.0. The first-order valence-electron chi connectivity index (χ1n) is 7.65. The summed E-state index contributed by atoms with van der Waals surface area (Å²) in [5, 5.41) is 15.7. The minimum atomic E-state index is -0.581. The topological polar surface area (TPSA) is 101 Å². The SMILES string of the molecule is COc1ccc(O)cc1C(C)Nc1c(Nc2ccncc2)c(=O)c1=O. The number of benzene rings is 1. The van der Waals surface area contributed by atoms with E-state index in [9.17, 15) is 14.7 Å². The summed E-state index contributed by atoms with van der Waals surface area (Å²) in [5.41, 5.74) is 0.594. The van der Waals surface area contributed by atoms with Crippen molar-refractivity contribution >= 4 is 17.1 Å². The zero-order valence-electron chi connectivity index (χ0n) is 13.7. The Morgan fingerprint density at radius 1 is 1.08 bits per heavy atom. The predicted octanol–water partition coefficient (Wildman–Crippen LogP) is 2.31. The molecule has 3 rings (SSSR count). The number of rotatable bonds is 6. The van der Waals surface area contributed by atoms with E-state index in [-0.39, 0.29) is 23.2 Å². The monoisotopic (exact) mass is 339 g/mol. The average molecular weight is 339 g/mol. The summed E-state index contributed by atoms with van der Waals surface area (Å²) in [6.07, 6.45) is 3.17. The lowest BCUT2D eigenvalue weighted by molar-refractivity contribution is 0.405. The van der Waals surface area contributed by atoms with Gasteiger partial charge in [0.15, 0.2) is 0 Å². The quantitative estimate of drug-likeness (QED) is 0.592. The summed E-state index contributed by atoms with van der Waals surface area (Å²) < 4.78 is 5.28. The molecule has 1 heterocycles. The third-order valence-electron chi connectivity index (χ3n) is 3.90. The van der Waals surface area contributed by atoms with E-state index in [2.05, 4.69) is 15.6 Å². The number of ether oxygens (including phenoxy) is 1. The smallest absolute Gasteiger partial charge is 0.253 e. The van der Waals surface area contributed by atoms with Crippen LogP contribution in [-0.2, 0) is 0 Å². The zero-order chi connectivity index (χ0) is 18.0. The fourth-order valence-corrected chi connectivity index (χ4v) is 2.58. The number of pyridine rings is 1. The standard InChI is InChI=1S/C18H17N3O4/c1-10(13-9-12(22)3-4-14(13)25-2)20-15-16(18(24)17(15)23)21-11-5-7-19-8-6-11/h3-10,20,22H,1-2H3,(H,19,21). The van der Waals surface area contributed by atoms with E-state index in [0.717, 1.165) is 0 Å². The summed E-state index contributed by atoms with van der Waals surface area (Å²) in [6, 6.07) is 7.75. The molecule has 7 heteroatoms. The van der Waals surface area contributed by atoms with Crippen LogP contribution in [0.2, 0.25) is 0 Å². The second-order valence-electron chi connectivity index (χ2n) is 5.56. The minimum absolute atomic E-state index is 0.0876. The Kier molecular flexibility index (Phi) is 4.38. The van der Waals surface area contributed by atoms with Crippen molar-refractivity contribution in [2.45, 2.75) is 13.0 Å². The Hall–Kier alpha value is -3.35. The van der Waals surface area contributed by atoms with Crippen molar-refractivity contribution in [3.63, 3.8) is 0 Å². The third-order valence-corrected chi connectivity index (χ3v) is 3.90. The molecular weight excluding hydrogens is 322 g/mol.